The van der Waals surface area contributed by atoms with Gasteiger partial charge in [0.1, 0.15) is 19.6 Å². The lowest BCUT2D eigenvalue weighted by Crippen LogP contribution is -2.52. The van der Waals surface area contributed by atoms with Gasteiger partial charge in [-0.2, -0.15) is 0 Å². The molecule has 0 aromatic carbocycles. The highest BCUT2D eigenvalue weighted by Gasteiger charge is 2.48. The molecule has 2 atom stereocenters. The van der Waals surface area contributed by atoms with Crippen LogP contribution in [-0.4, -0.2) is 60.2 Å². The second-order valence-corrected chi connectivity index (χ2v) is 7.38. The fourth-order valence-corrected chi connectivity index (χ4v) is 4.40. The molecule has 3 amide bonds. The summed E-state index contributed by atoms with van der Waals surface area (Å²) >= 11 is 0. The highest BCUT2D eigenvalue weighted by molar-refractivity contribution is 6.07. The number of piperazine rings is 1. The summed E-state index contributed by atoms with van der Waals surface area (Å²) in [4.78, 5) is 46.1. The van der Waals surface area contributed by atoms with Crippen LogP contribution in [0.15, 0.2) is 24.4 Å². The van der Waals surface area contributed by atoms with E-state index in [0.717, 1.165) is 44.6 Å². The predicted octanol–water partition coefficient (Wildman–Crippen LogP) is 0.325. The summed E-state index contributed by atoms with van der Waals surface area (Å²) in [5.74, 6) is 0.274. The van der Waals surface area contributed by atoms with E-state index in [0.29, 0.717) is 13.1 Å². The number of H-pyrrole nitrogens is 1. The van der Waals surface area contributed by atoms with Crippen molar-refractivity contribution in [2.24, 2.45) is 11.8 Å². The molecular weight excluding hydrogens is 332 g/mol. The number of carbonyl (C=O) groups is 3. The molecule has 1 N–H and O–H groups in total. The molecule has 1 aliphatic carbocycles. The van der Waals surface area contributed by atoms with Gasteiger partial charge in [0, 0.05) is 6.07 Å². The van der Waals surface area contributed by atoms with Crippen LogP contribution in [0.2, 0.25) is 0 Å². The van der Waals surface area contributed by atoms with Crippen LogP contribution in [0.1, 0.15) is 25.7 Å². The number of hydrogen-bond donors (Lipinski definition) is 0. The van der Waals surface area contributed by atoms with E-state index in [2.05, 4.69) is 9.88 Å². The largest absolute Gasteiger partial charge is 0.333 e. The Labute approximate surface area is 153 Å². The van der Waals surface area contributed by atoms with E-state index in [4.69, 9.17) is 0 Å². The fourth-order valence-electron chi connectivity index (χ4n) is 4.40. The second-order valence-electron chi connectivity index (χ2n) is 7.38. The molecule has 0 spiro atoms. The molecule has 0 unspecified atom stereocenters. The SMILES string of the molecule is O=C(CN1C(=O)[C@H]2CCCC[C@@H]2C1=O)N1CCN(c2cccc[nH+]2)CC1. The minimum atomic E-state index is -0.186. The molecule has 3 heterocycles. The van der Waals surface area contributed by atoms with Crippen LogP contribution in [-0.2, 0) is 14.4 Å². The van der Waals surface area contributed by atoms with Gasteiger partial charge < -0.3 is 4.90 Å². The van der Waals surface area contributed by atoms with E-state index < -0.39 is 0 Å². The van der Waals surface area contributed by atoms with Crippen LogP contribution in [0.25, 0.3) is 0 Å². The molecule has 3 aliphatic rings. The minimum absolute atomic E-state index is 0.0951. The van der Waals surface area contributed by atoms with E-state index in [-0.39, 0.29) is 36.1 Å². The van der Waals surface area contributed by atoms with Crippen LogP contribution >= 0.6 is 0 Å². The maximum absolute atomic E-state index is 12.6. The summed E-state index contributed by atoms with van der Waals surface area (Å²) in [5.41, 5.74) is 0. The summed E-state index contributed by atoms with van der Waals surface area (Å²) < 4.78 is 0. The minimum Gasteiger partial charge on any atom is -0.333 e. The van der Waals surface area contributed by atoms with Crippen molar-refractivity contribution in [3.63, 3.8) is 0 Å². The molecule has 0 bridgehead atoms. The third kappa shape index (κ3) is 3.06. The van der Waals surface area contributed by atoms with Gasteiger partial charge in [-0.15, -0.1) is 0 Å². The molecule has 2 saturated heterocycles. The van der Waals surface area contributed by atoms with Gasteiger partial charge in [-0.1, -0.05) is 18.9 Å². The number of pyridine rings is 1. The second kappa shape index (κ2) is 7.05. The van der Waals surface area contributed by atoms with Crippen molar-refractivity contribution >= 4 is 23.5 Å². The first-order chi connectivity index (χ1) is 12.6. The number of imide groups is 1. The van der Waals surface area contributed by atoms with Gasteiger partial charge in [0.2, 0.25) is 17.7 Å². The molecule has 7 heteroatoms. The van der Waals surface area contributed by atoms with Crippen molar-refractivity contribution in [1.82, 2.24) is 9.80 Å². The van der Waals surface area contributed by atoms with Crippen molar-refractivity contribution in [3.05, 3.63) is 24.4 Å². The third-order valence-electron chi connectivity index (χ3n) is 5.89. The number of nitrogens with zero attached hydrogens (tertiary/aromatic N) is 3. The van der Waals surface area contributed by atoms with Crippen molar-refractivity contribution in [1.29, 1.82) is 0 Å². The molecule has 0 radical (unpaired) electrons. The maximum atomic E-state index is 12.6. The van der Waals surface area contributed by atoms with E-state index >= 15 is 0 Å². The zero-order valence-corrected chi connectivity index (χ0v) is 14.9. The summed E-state index contributed by atoms with van der Waals surface area (Å²) in [6.45, 7) is 2.58. The van der Waals surface area contributed by atoms with Crippen molar-refractivity contribution < 1.29 is 19.4 Å². The highest BCUT2D eigenvalue weighted by Crippen LogP contribution is 2.37. The zero-order valence-electron chi connectivity index (χ0n) is 14.9. The Morgan fingerprint density at radius 3 is 2.23 bits per heavy atom. The Morgan fingerprint density at radius 2 is 1.65 bits per heavy atom. The monoisotopic (exact) mass is 357 g/mol. The number of amides is 3. The summed E-state index contributed by atoms with van der Waals surface area (Å²) in [7, 11) is 0. The van der Waals surface area contributed by atoms with Crippen LogP contribution in [0.4, 0.5) is 5.82 Å². The van der Waals surface area contributed by atoms with Gasteiger partial charge in [0.05, 0.1) is 31.1 Å². The number of carbonyl (C=O) groups excluding carboxylic acids is 3. The van der Waals surface area contributed by atoms with E-state index in [1.165, 1.54) is 4.90 Å². The normalized spacial score (nSPS) is 26.2. The topological polar surface area (TPSA) is 75.1 Å². The summed E-state index contributed by atoms with van der Waals surface area (Å²) in [6, 6.07) is 5.93. The van der Waals surface area contributed by atoms with E-state index in [1.807, 2.05) is 24.4 Å². The number of aromatic amines is 1. The molecule has 4 rings (SSSR count). The Balaban J connectivity index is 1.34. The molecule has 1 saturated carbocycles. The van der Waals surface area contributed by atoms with Gasteiger partial charge in [-0.25, -0.2) is 4.98 Å². The van der Waals surface area contributed by atoms with Gasteiger partial charge in [-0.3, -0.25) is 24.2 Å². The molecule has 26 heavy (non-hydrogen) atoms. The standard InChI is InChI=1S/C19H24N4O3/c24-17(13-23-18(25)14-5-1-2-6-15(14)19(23)26)22-11-9-21(10-12-22)16-7-3-4-8-20-16/h3-4,7-8,14-15H,1-2,5-6,9-13H2/p+1/t14-,15-/m0/s1. The lowest BCUT2D eigenvalue weighted by atomic mass is 9.81. The average Bonchev–Trinajstić information content (AvgIpc) is 2.94. The molecule has 138 valence electrons. The fraction of sp³-hybridized carbons (Fsp3) is 0.579. The van der Waals surface area contributed by atoms with Crippen molar-refractivity contribution in [2.75, 3.05) is 37.6 Å². The van der Waals surface area contributed by atoms with E-state index in [9.17, 15) is 14.4 Å². The predicted molar refractivity (Wildman–Crippen MR) is 94.0 cm³/mol. The van der Waals surface area contributed by atoms with Gasteiger partial charge >= 0.3 is 0 Å². The van der Waals surface area contributed by atoms with Crippen molar-refractivity contribution in [2.45, 2.75) is 25.7 Å². The number of aromatic nitrogens is 1. The molecule has 1 aromatic heterocycles. The summed E-state index contributed by atoms with van der Waals surface area (Å²) in [5, 5.41) is 0. The van der Waals surface area contributed by atoms with Crippen LogP contribution in [0.3, 0.4) is 0 Å². The summed E-state index contributed by atoms with van der Waals surface area (Å²) in [6.07, 6.45) is 5.45. The first-order valence-corrected chi connectivity index (χ1v) is 9.50. The number of fused-ring (bicyclic) bond motifs is 1. The Kier molecular flexibility index (Phi) is 4.61. The van der Waals surface area contributed by atoms with Gasteiger partial charge in [-0.05, 0) is 18.9 Å². The van der Waals surface area contributed by atoms with Crippen molar-refractivity contribution in [3.8, 4) is 0 Å². The number of rotatable bonds is 3. The van der Waals surface area contributed by atoms with Crippen LogP contribution in [0, 0.1) is 11.8 Å². The smallest absolute Gasteiger partial charge is 0.274 e. The first-order valence-electron chi connectivity index (χ1n) is 9.50. The Bertz CT molecular complexity index is 676. The molecule has 7 nitrogen and oxygen atoms in total. The Morgan fingerprint density at radius 1 is 1.00 bits per heavy atom. The molecule has 3 fully saturated rings. The number of likely N-dealkylation sites (tertiary alicyclic amines) is 1. The average molecular weight is 357 g/mol. The third-order valence-corrected chi connectivity index (χ3v) is 5.89. The van der Waals surface area contributed by atoms with Crippen LogP contribution in [0.5, 0.6) is 0 Å². The number of nitrogens with one attached hydrogen (secondary N) is 1. The molecule has 2 aliphatic heterocycles. The van der Waals surface area contributed by atoms with E-state index in [1.54, 1.807) is 4.90 Å². The molecule has 1 aromatic rings. The lowest BCUT2D eigenvalue weighted by Gasteiger charge is -2.31. The quantitative estimate of drug-likeness (QED) is 0.731. The number of anilines is 1. The Hall–Kier alpha value is -2.44. The highest BCUT2D eigenvalue weighted by atomic mass is 16.2. The molecular formula is C19H25N4O3+. The number of hydrogen-bond acceptors (Lipinski definition) is 4. The maximum Gasteiger partial charge on any atom is 0.274 e. The zero-order chi connectivity index (χ0) is 18.1. The first kappa shape index (κ1) is 17.0. The lowest BCUT2D eigenvalue weighted by molar-refractivity contribution is -0.364. The van der Waals surface area contributed by atoms with Gasteiger partial charge in [0.15, 0.2) is 0 Å². The van der Waals surface area contributed by atoms with Gasteiger partial charge in [0.25, 0.3) is 5.82 Å². The van der Waals surface area contributed by atoms with Crippen LogP contribution < -0.4 is 9.88 Å².